The Bertz CT molecular complexity index is 1410. The van der Waals surface area contributed by atoms with Crippen molar-refractivity contribution < 1.29 is 19.0 Å². The van der Waals surface area contributed by atoms with Crippen LogP contribution in [-0.2, 0) is 17.8 Å². The lowest BCUT2D eigenvalue weighted by atomic mass is 10.0. The average molecular weight is 631 g/mol. The predicted octanol–water partition coefficient (Wildman–Crippen LogP) is 8.22. The molecule has 1 amide bonds. The van der Waals surface area contributed by atoms with Gasteiger partial charge in [0.15, 0.2) is 15.8 Å². The molecule has 0 aliphatic carbocycles. The highest BCUT2D eigenvalue weighted by Crippen LogP contribution is 2.40. The minimum atomic E-state index is -0.222. The summed E-state index contributed by atoms with van der Waals surface area (Å²) in [6, 6.07) is 17.0. The molecule has 9 heteroatoms. The van der Waals surface area contributed by atoms with Crippen LogP contribution >= 0.6 is 51.5 Å². The molecular weight excluding hydrogens is 606 g/mol. The van der Waals surface area contributed by atoms with E-state index in [1.807, 2.05) is 55.5 Å². The third-order valence-corrected chi connectivity index (χ3v) is 7.73. The number of thiocarbonyl (C=S) groups is 1. The molecule has 38 heavy (non-hydrogen) atoms. The Morgan fingerprint density at radius 1 is 1.11 bits per heavy atom. The maximum Gasteiger partial charge on any atom is 0.270 e. The van der Waals surface area contributed by atoms with E-state index in [4.69, 9.17) is 38.0 Å². The van der Waals surface area contributed by atoms with E-state index in [9.17, 15) is 4.79 Å². The standard InChI is InChI=1S/C29H25BrClNO4S2/c1-4-6-20-13-19(14-25(35-5-2)27(20)36-17-18-7-9-21(30)10-8-18)15-26-28(33)32(29(37)38-26)22-11-12-24(34-3)23(31)16-22/h4,7-16H,1,5-6,17H2,2-3H3/b26-15-. The van der Waals surface area contributed by atoms with Crippen LogP contribution in [-0.4, -0.2) is 23.9 Å². The second kappa shape index (κ2) is 12.8. The molecule has 0 aromatic heterocycles. The Labute approximate surface area is 245 Å². The second-order valence-corrected chi connectivity index (χ2v) is 11.2. The van der Waals surface area contributed by atoms with Gasteiger partial charge in [0.2, 0.25) is 0 Å². The summed E-state index contributed by atoms with van der Waals surface area (Å²) in [4.78, 5) is 15.3. The van der Waals surface area contributed by atoms with Crippen LogP contribution < -0.4 is 19.1 Å². The van der Waals surface area contributed by atoms with Crippen LogP contribution in [0.3, 0.4) is 0 Å². The number of ether oxygens (including phenoxy) is 3. The number of methoxy groups -OCH3 is 1. The van der Waals surface area contributed by atoms with Gasteiger partial charge in [-0.25, -0.2) is 0 Å². The van der Waals surface area contributed by atoms with Gasteiger partial charge in [0.1, 0.15) is 12.4 Å². The van der Waals surface area contributed by atoms with Gasteiger partial charge in [0.25, 0.3) is 5.91 Å². The van der Waals surface area contributed by atoms with Gasteiger partial charge in [-0.1, -0.05) is 69.7 Å². The number of carbonyl (C=O) groups is 1. The number of amides is 1. The van der Waals surface area contributed by atoms with Crippen molar-refractivity contribution in [3.05, 3.63) is 98.3 Å². The first-order chi connectivity index (χ1) is 18.3. The quantitative estimate of drug-likeness (QED) is 0.128. The van der Waals surface area contributed by atoms with E-state index in [1.54, 1.807) is 18.2 Å². The molecule has 0 N–H and O–H groups in total. The number of benzene rings is 3. The summed E-state index contributed by atoms with van der Waals surface area (Å²) in [7, 11) is 1.54. The molecular formula is C29H25BrClNO4S2. The Hall–Kier alpha value is -2.78. The highest BCUT2D eigenvalue weighted by molar-refractivity contribution is 9.10. The summed E-state index contributed by atoms with van der Waals surface area (Å²) in [5, 5.41) is 0.400. The fourth-order valence-electron chi connectivity index (χ4n) is 3.87. The van der Waals surface area contributed by atoms with E-state index in [-0.39, 0.29) is 5.91 Å². The molecule has 0 unspecified atom stereocenters. The van der Waals surface area contributed by atoms with Crippen molar-refractivity contribution in [2.45, 2.75) is 20.0 Å². The molecule has 0 saturated carbocycles. The minimum absolute atomic E-state index is 0.222. The molecule has 3 aromatic carbocycles. The zero-order valence-electron chi connectivity index (χ0n) is 20.8. The first-order valence-corrected chi connectivity index (χ1v) is 14.1. The maximum absolute atomic E-state index is 13.4. The largest absolute Gasteiger partial charge is 0.495 e. The average Bonchev–Trinajstić information content (AvgIpc) is 3.17. The van der Waals surface area contributed by atoms with E-state index in [1.165, 1.54) is 23.8 Å². The van der Waals surface area contributed by atoms with Gasteiger partial charge in [0.05, 0.1) is 29.3 Å². The van der Waals surface area contributed by atoms with Gasteiger partial charge in [-0.05, 0) is 73.0 Å². The second-order valence-electron chi connectivity index (χ2n) is 8.18. The molecule has 1 saturated heterocycles. The third kappa shape index (κ3) is 6.43. The Morgan fingerprint density at radius 2 is 1.87 bits per heavy atom. The van der Waals surface area contributed by atoms with Crippen molar-refractivity contribution in [2.75, 3.05) is 18.6 Å². The first-order valence-electron chi connectivity index (χ1n) is 11.7. The van der Waals surface area contributed by atoms with Crippen molar-refractivity contribution in [1.82, 2.24) is 0 Å². The summed E-state index contributed by atoms with van der Waals surface area (Å²) in [5.74, 6) is 1.57. The molecule has 1 aliphatic rings. The number of carbonyl (C=O) groups excluding carboxylic acids is 1. The topological polar surface area (TPSA) is 48.0 Å². The van der Waals surface area contributed by atoms with Gasteiger partial charge in [-0.2, -0.15) is 0 Å². The molecule has 1 aliphatic heterocycles. The molecule has 196 valence electrons. The van der Waals surface area contributed by atoms with E-state index < -0.39 is 0 Å². The molecule has 1 fully saturated rings. The van der Waals surface area contributed by atoms with Crippen LogP contribution in [0.4, 0.5) is 5.69 Å². The molecule has 0 radical (unpaired) electrons. The predicted molar refractivity (Wildman–Crippen MR) is 164 cm³/mol. The number of thioether (sulfide) groups is 1. The van der Waals surface area contributed by atoms with Gasteiger partial charge in [-0.3, -0.25) is 9.69 Å². The van der Waals surface area contributed by atoms with Gasteiger partial charge in [0, 0.05) is 10.0 Å². The summed E-state index contributed by atoms with van der Waals surface area (Å²) in [6.07, 6.45) is 4.20. The SMILES string of the molecule is C=CCc1cc(/C=C2\SC(=S)N(c3ccc(OC)c(Cl)c3)C2=O)cc(OCC)c1OCc1ccc(Br)cc1. The summed E-state index contributed by atoms with van der Waals surface area (Å²) < 4.78 is 18.8. The lowest BCUT2D eigenvalue weighted by Crippen LogP contribution is -2.27. The number of anilines is 1. The number of nitrogens with zero attached hydrogens (tertiary/aromatic N) is 1. The van der Waals surface area contributed by atoms with Gasteiger partial charge >= 0.3 is 0 Å². The van der Waals surface area contributed by atoms with Crippen LogP contribution in [0.15, 0.2) is 76.6 Å². The fourth-order valence-corrected chi connectivity index (χ4v) is 5.69. The molecule has 0 bridgehead atoms. The Balaban J connectivity index is 1.65. The van der Waals surface area contributed by atoms with Gasteiger partial charge in [-0.15, -0.1) is 6.58 Å². The highest BCUT2D eigenvalue weighted by Gasteiger charge is 2.33. The molecule has 3 aromatic rings. The first kappa shape index (κ1) is 28.2. The van der Waals surface area contributed by atoms with Crippen LogP contribution in [0.5, 0.6) is 17.2 Å². The van der Waals surface area contributed by atoms with Crippen LogP contribution in [0.1, 0.15) is 23.6 Å². The van der Waals surface area contributed by atoms with Crippen LogP contribution in [0, 0.1) is 0 Å². The van der Waals surface area contributed by atoms with E-state index >= 15 is 0 Å². The molecule has 5 nitrogen and oxygen atoms in total. The number of hydrogen-bond acceptors (Lipinski definition) is 6. The van der Waals surface area contributed by atoms with Crippen molar-refractivity contribution in [3.8, 4) is 17.2 Å². The lowest BCUT2D eigenvalue weighted by molar-refractivity contribution is -0.113. The maximum atomic E-state index is 13.4. The normalized spacial score (nSPS) is 14.2. The molecule has 1 heterocycles. The highest BCUT2D eigenvalue weighted by atomic mass is 79.9. The van der Waals surface area contributed by atoms with Gasteiger partial charge < -0.3 is 14.2 Å². The number of halogens is 2. The fraction of sp³-hybridized carbons (Fsp3) is 0.172. The smallest absolute Gasteiger partial charge is 0.270 e. The summed E-state index contributed by atoms with van der Waals surface area (Å²) in [5.41, 5.74) is 3.33. The van der Waals surface area contributed by atoms with Crippen LogP contribution in [0.2, 0.25) is 5.02 Å². The Kier molecular flexibility index (Phi) is 9.54. The lowest BCUT2D eigenvalue weighted by Gasteiger charge is -2.17. The van der Waals surface area contributed by atoms with E-state index in [2.05, 4.69) is 22.5 Å². The van der Waals surface area contributed by atoms with Crippen molar-refractivity contribution in [1.29, 1.82) is 0 Å². The van der Waals surface area contributed by atoms with Crippen molar-refractivity contribution in [2.24, 2.45) is 0 Å². The Morgan fingerprint density at radius 3 is 2.53 bits per heavy atom. The number of allylic oxidation sites excluding steroid dienone is 1. The zero-order valence-corrected chi connectivity index (χ0v) is 24.8. The molecule has 0 spiro atoms. The zero-order chi connectivity index (χ0) is 27.2. The third-order valence-electron chi connectivity index (χ3n) is 5.60. The number of rotatable bonds is 10. The van der Waals surface area contributed by atoms with Crippen molar-refractivity contribution in [3.63, 3.8) is 0 Å². The number of hydrogen-bond donors (Lipinski definition) is 0. The molecule has 0 atom stereocenters. The van der Waals surface area contributed by atoms with E-state index in [0.717, 1.165) is 21.2 Å². The van der Waals surface area contributed by atoms with Crippen molar-refractivity contribution >= 4 is 73.5 Å². The monoisotopic (exact) mass is 629 g/mol. The molecule has 4 rings (SSSR count). The van der Waals surface area contributed by atoms with Crippen LogP contribution in [0.25, 0.3) is 6.08 Å². The minimum Gasteiger partial charge on any atom is -0.495 e. The summed E-state index contributed by atoms with van der Waals surface area (Å²) >= 11 is 16.5. The summed E-state index contributed by atoms with van der Waals surface area (Å²) in [6.45, 7) is 6.67. The van der Waals surface area contributed by atoms with E-state index in [0.29, 0.717) is 56.8 Å².